The quantitative estimate of drug-likeness (QED) is 0.708. The fourth-order valence-electron chi connectivity index (χ4n) is 3.24. The van der Waals surface area contributed by atoms with Crippen LogP contribution in [-0.4, -0.2) is 12.1 Å². The van der Waals surface area contributed by atoms with Crippen LogP contribution < -0.4 is 5.32 Å². The van der Waals surface area contributed by atoms with Crippen LogP contribution in [0.5, 0.6) is 0 Å². The van der Waals surface area contributed by atoms with Gasteiger partial charge in [-0.25, -0.2) is 0 Å². The molecule has 0 aromatic rings. The summed E-state index contributed by atoms with van der Waals surface area (Å²) in [6.45, 7) is 9.36. The fraction of sp³-hybridized carbons (Fsp3) is 1.00. The molecule has 16 heavy (non-hydrogen) atoms. The third-order valence-electron chi connectivity index (χ3n) is 4.68. The van der Waals surface area contributed by atoms with Crippen molar-refractivity contribution in [1.82, 2.24) is 5.32 Å². The van der Waals surface area contributed by atoms with Crippen molar-refractivity contribution >= 4 is 0 Å². The molecule has 1 N–H and O–H groups in total. The van der Waals surface area contributed by atoms with E-state index in [1.54, 1.807) is 0 Å². The minimum atomic E-state index is 0.707. The molecule has 0 radical (unpaired) electrons. The molecule has 0 spiro atoms. The molecule has 0 aromatic carbocycles. The van der Waals surface area contributed by atoms with Crippen LogP contribution in [-0.2, 0) is 0 Å². The fourth-order valence-corrected chi connectivity index (χ4v) is 3.24. The molecule has 1 fully saturated rings. The third-order valence-corrected chi connectivity index (χ3v) is 4.68. The minimum Gasteiger partial charge on any atom is -0.311 e. The first-order valence-corrected chi connectivity index (χ1v) is 7.47. The summed E-state index contributed by atoms with van der Waals surface area (Å²) < 4.78 is 0. The van der Waals surface area contributed by atoms with Crippen LogP contribution in [0, 0.1) is 11.8 Å². The van der Waals surface area contributed by atoms with Gasteiger partial charge in [0.2, 0.25) is 0 Å². The number of hydrogen-bond donors (Lipinski definition) is 1. The number of rotatable bonds is 6. The van der Waals surface area contributed by atoms with E-state index in [1.165, 1.54) is 44.9 Å². The highest BCUT2D eigenvalue weighted by Gasteiger charge is 2.22. The van der Waals surface area contributed by atoms with Crippen LogP contribution in [0.3, 0.4) is 0 Å². The van der Waals surface area contributed by atoms with Gasteiger partial charge in [0.1, 0.15) is 0 Å². The van der Waals surface area contributed by atoms with Crippen LogP contribution in [0.15, 0.2) is 0 Å². The van der Waals surface area contributed by atoms with E-state index < -0.39 is 0 Å². The molecule has 1 nitrogen and oxygen atoms in total. The Hall–Kier alpha value is -0.0400. The Bertz CT molecular complexity index is 166. The van der Waals surface area contributed by atoms with Crippen molar-refractivity contribution in [1.29, 1.82) is 0 Å². The van der Waals surface area contributed by atoms with Gasteiger partial charge in [0, 0.05) is 12.1 Å². The first-order chi connectivity index (χ1) is 7.71. The highest BCUT2D eigenvalue weighted by atomic mass is 14.9. The van der Waals surface area contributed by atoms with E-state index in [0.29, 0.717) is 6.04 Å². The topological polar surface area (TPSA) is 12.0 Å². The molecule has 0 amide bonds. The van der Waals surface area contributed by atoms with Crippen molar-refractivity contribution < 1.29 is 0 Å². The summed E-state index contributed by atoms with van der Waals surface area (Å²) in [5, 5.41) is 3.87. The Morgan fingerprint density at radius 1 is 1.00 bits per heavy atom. The van der Waals surface area contributed by atoms with Crippen molar-refractivity contribution in [2.75, 3.05) is 0 Å². The molecule has 1 saturated carbocycles. The monoisotopic (exact) mass is 225 g/mol. The van der Waals surface area contributed by atoms with Gasteiger partial charge in [0.25, 0.3) is 0 Å². The normalized spacial score (nSPS) is 28.3. The molecular formula is C15H31N. The Labute approximate surface area is 102 Å². The van der Waals surface area contributed by atoms with E-state index in [9.17, 15) is 0 Å². The van der Waals surface area contributed by atoms with Crippen molar-refractivity contribution in [3.8, 4) is 0 Å². The Morgan fingerprint density at radius 2 is 1.56 bits per heavy atom. The average Bonchev–Trinajstić information content (AvgIpc) is 2.31. The molecule has 1 heteroatoms. The standard InChI is InChI=1S/C15H31N/c1-5-13-8-10-15(11-9-13)16-12(4)14(6-2)7-3/h12-16H,5-11H2,1-4H3. The van der Waals surface area contributed by atoms with Crippen LogP contribution in [0.1, 0.15) is 72.6 Å². The second kappa shape index (κ2) is 7.32. The molecule has 1 aliphatic rings. The summed E-state index contributed by atoms with van der Waals surface area (Å²) in [7, 11) is 0. The van der Waals surface area contributed by atoms with Crippen molar-refractivity contribution in [2.24, 2.45) is 11.8 Å². The Balaban J connectivity index is 2.27. The highest BCUT2D eigenvalue weighted by Crippen LogP contribution is 2.27. The molecular weight excluding hydrogens is 194 g/mol. The van der Waals surface area contributed by atoms with Crippen LogP contribution >= 0.6 is 0 Å². The molecule has 0 heterocycles. The van der Waals surface area contributed by atoms with E-state index in [4.69, 9.17) is 0 Å². The molecule has 1 rings (SSSR count). The molecule has 0 saturated heterocycles. The van der Waals surface area contributed by atoms with Gasteiger partial charge in [-0.05, 0) is 44.4 Å². The summed E-state index contributed by atoms with van der Waals surface area (Å²) in [5.74, 6) is 1.88. The van der Waals surface area contributed by atoms with Gasteiger partial charge < -0.3 is 5.32 Å². The van der Waals surface area contributed by atoms with E-state index in [1.807, 2.05) is 0 Å². The smallest absolute Gasteiger partial charge is 0.00698 e. The lowest BCUT2D eigenvalue weighted by Gasteiger charge is -2.33. The molecule has 0 aliphatic heterocycles. The minimum absolute atomic E-state index is 0.707. The molecule has 1 unspecified atom stereocenters. The van der Waals surface area contributed by atoms with Crippen LogP contribution in [0.2, 0.25) is 0 Å². The maximum Gasteiger partial charge on any atom is 0.00698 e. The second-order valence-corrected chi connectivity index (χ2v) is 5.66. The van der Waals surface area contributed by atoms with Crippen LogP contribution in [0.25, 0.3) is 0 Å². The SMILES string of the molecule is CCC1CCC(NC(C)C(CC)CC)CC1. The summed E-state index contributed by atoms with van der Waals surface area (Å²) >= 11 is 0. The summed E-state index contributed by atoms with van der Waals surface area (Å²) in [6.07, 6.45) is 9.72. The second-order valence-electron chi connectivity index (χ2n) is 5.66. The van der Waals surface area contributed by atoms with Gasteiger partial charge in [-0.3, -0.25) is 0 Å². The summed E-state index contributed by atoms with van der Waals surface area (Å²) in [6, 6.07) is 1.51. The highest BCUT2D eigenvalue weighted by molar-refractivity contribution is 4.81. The van der Waals surface area contributed by atoms with Crippen LogP contribution in [0.4, 0.5) is 0 Å². The molecule has 96 valence electrons. The zero-order valence-corrected chi connectivity index (χ0v) is 11.8. The number of hydrogen-bond acceptors (Lipinski definition) is 1. The van der Waals surface area contributed by atoms with E-state index >= 15 is 0 Å². The largest absolute Gasteiger partial charge is 0.311 e. The first kappa shape index (κ1) is 14.0. The lowest BCUT2D eigenvalue weighted by Crippen LogP contribution is -2.42. The van der Waals surface area contributed by atoms with Gasteiger partial charge in [-0.2, -0.15) is 0 Å². The lowest BCUT2D eigenvalue weighted by molar-refractivity contribution is 0.243. The maximum atomic E-state index is 3.87. The third kappa shape index (κ3) is 4.08. The zero-order valence-electron chi connectivity index (χ0n) is 11.8. The van der Waals surface area contributed by atoms with Crippen molar-refractivity contribution in [3.63, 3.8) is 0 Å². The molecule has 1 aliphatic carbocycles. The average molecular weight is 225 g/mol. The molecule has 1 atom stereocenters. The summed E-state index contributed by atoms with van der Waals surface area (Å²) in [4.78, 5) is 0. The van der Waals surface area contributed by atoms with E-state index in [2.05, 4.69) is 33.0 Å². The zero-order chi connectivity index (χ0) is 12.0. The lowest BCUT2D eigenvalue weighted by atomic mass is 9.83. The van der Waals surface area contributed by atoms with Gasteiger partial charge in [0.15, 0.2) is 0 Å². The molecule has 0 bridgehead atoms. The summed E-state index contributed by atoms with van der Waals surface area (Å²) in [5.41, 5.74) is 0. The van der Waals surface area contributed by atoms with Gasteiger partial charge in [-0.15, -0.1) is 0 Å². The van der Waals surface area contributed by atoms with Gasteiger partial charge in [0.05, 0.1) is 0 Å². The van der Waals surface area contributed by atoms with E-state index in [-0.39, 0.29) is 0 Å². The van der Waals surface area contributed by atoms with Gasteiger partial charge >= 0.3 is 0 Å². The number of nitrogens with one attached hydrogen (secondary N) is 1. The predicted octanol–water partition coefficient (Wildman–Crippen LogP) is 4.37. The Kier molecular flexibility index (Phi) is 6.41. The molecule has 0 aromatic heterocycles. The first-order valence-electron chi connectivity index (χ1n) is 7.47. The predicted molar refractivity (Wildman–Crippen MR) is 72.7 cm³/mol. The maximum absolute atomic E-state index is 3.87. The van der Waals surface area contributed by atoms with Gasteiger partial charge in [-0.1, -0.05) is 40.0 Å². The van der Waals surface area contributed by atoms with E-state index in [0.717, 1.165) is 17.9 Å². The van der Waals surface area contributed by atoms with Crippen molar-refractivity contribution in [3.05, 3.63) is 0 Å². The Morgan fingerprint density at radius 3 is 2.00 bits per heavy atom. The van der Waals surface area contributed by atoms with Crippen molar-refractivity contribution in [2.45, 2.75) is 84.7 Å².